The highest BCUT2D eigenvalue weighted by molar-refractivity contribution is 6.01. The fourth-order valence-corrected chi connectivity index (χ4v) is 2.50. The van der Waals surface area contributed by atoms with Crippen molar-refractivity contribution >= 4 is 23.1 Å². The minimum absolute atomic E-state index is 0.809. The van der Waals surface area contributed by atoms with Crippen LogP contribution in [-0.2, 0) is 4.79 Å². The number of fused-ring (bicyclic) bond motifs is 1. The number of aldehydes is 1. The number of hydrogen-bond acceptors (Lipinski definition) is 1. The molecule has 20 heavy (non-hydrogen) atoms. The van der Waals surface area contributed by atoms with Gasteiger partial charge in [0, 0.05) is 0 Å². The Hall–Kier alpha value is -2.67. The molecule has 3 rings (SSSR count). The van der Waals surface area contributed by atoms with Crippen LogP contribution < -0.4 is 0 Å². The molecule has 0 N–H and O–H groups in total. The SMILES string of the molecule is O=CC=Cc1ccc2ccccc2c1-c1ccccc1. The van der Waals surface area contributed by atoms with Gasteiger partial charge >= 0.3 is 0 Å². The van der Waals surface area contributed by atoms with Gasteiger partial charge in [-0.1, -0.05) is 72.8 Å². The lowest BCUT2D eigenvalue weighted by atomic mass is 9.93. The van der Waals surface area contributed by atoms with Gasteiger partial charge in [0.05, 0.1) is 0 Å². The van der Waals surface area contributed by atoms with Gasteiger partial charge in [-0.05, 0) is 33.5 Å². The van der Waals surface area contributed by atoms with Crippen molar-refractivity contribution < 1.29 is 4.79 Å². The summed E-state index contributed by atoms with van der Waals surface area (Å²) in [4.78, 5) is 10.6. The first-order chi connectivity index (χ1) is 9.90. The molecule has 3 aromatic rings. The Balaban J connectivity index is 2.34. The van der Waals surface area contributed by atoms with E-state index in [9.17, 15) is 4.79 Å². The molecule has 3 aromatic carbocycles. The molecule has 0 fully saturated rings. The highest BCUT2D eigenvalue weighted by atomic mass is 16.1. The zero-order chi connectivity index (χ0) is 13.8. The van der Waals surface area contributed by atoms with Gasteiger partial charge in [0.1, 0.15) is 6.29 Å². The smallest absolute Gasteiger partial charge is 0.142 e. The third-order valence-electron chi connectivity index (χ3n) is 3.38. The molecular formula is C19H14O. The van der Waals surface area contributed by atoms with Crippen LogP contribution in [0.15, 0.2) is 72.8 Å². The Kier molecular flexibility index (Phi) is 3.42. The van der Waals surface area contributed by atoms with Gasteiger partial charge in [0.15, 0.2) is 0 Å². The van der Waals surface area contributed by atoms with Gasteiger partial charge in [-0.2, -0.15) is 0 Å². The normalized spacial score (nSPS) is 11.0. The predicted molar refractivity (Wildman–Crippen MR) is 84.5 cm³/mol. The summed E-state index contributed by atoms with van der Waals surface area (Å²) in [6, 6.07) is 22.7. The van der Waals surface area contributed by atoms with Gasteiger partial charge in [0.2, 0.25) is 0 Å². The molecule has 0 heterocycles. The zero-order valence-electron chi connectivity index (χ0n) is 11.0. The summed E-state index contributed by atoms with van der Waals surface area (Å²) in [7, 11) is 0. The molecule has 0 bridgehead atoms. The van der Waals surface area contributed by atoms with Crippen molar-refractivity contribution in [2.45, 2.75) is 0 Å². The summed E-state index contributed by atoms with van der Waals surface area (Å²) >= 11 is 0. The lowest BCUT2D eigenvalue weighted by molar-refractivity contribution is -0.104. The van der Waals surface area contributed by atoms with E-state index in [1.165, 1.54) is 22.4 Å². The second-order valence-corrected chi connectivity index (χ2v) is 4.61. The molecule has 0 aliphatic heterocycles. The van der Waals surface area contributed by atoms with Crippen LogP contribution in [0.1, 0.15) is 5.56 Å². The van der Waals surface area contributed by atoms with E-state index in [2.05, 4.69) is 36.4 Å². The fourth-order valence-electron chi connectivity index (χ4n) is 2.50. The Morgan fingerprint density at radius 1 is 0.750 bits per heavy atom. The lowest BCUT2D eigenvalue weighted by Gasteiger charge is -2.11. The first-order valence-corrected chi connectivity index (χ1v) is 6.59. The molecule has 0 amide bonds. The quantitative estimate of drug-likeness (QED) is 0.491. The van der Waals surface area contributed by atoms with Crippen LogP contribution in [0, 0.1) is 0 Å². The van der Waals surface area contributed by atoms with Crippen molar-refractivity contribution in [1.29, 1.82) is 0 Å². The highest BCUT2D eigenvalue weighted by Crippen LogP contribution is 2.32. The lowest BCUT2D eigenvalue weighted by Crippen LogP contribution is -1.86. The molecule has 0 saturated carbocycles. The topological polar surface area (TPSA) is 17.1 Å². The Morgan fingerprint density at radius 2 is 1.50 bits per heavy atom. The molecule has 0 radical (unpaired) electrons. The summed E-state index contributed by atoms with van der Waals surface area (Å²) < 4.78 is 0. The standard InChI is InChI=1S/C19H14O/c20-14-6-10-17-13-12-15-7-4-5-11-18(15)19(17)16-8-2-1-3-9-16/h1-14H. The Bertz CT molecular complexity index is 770. The van der Waals surface area contributed by atoms with E-state index >= 15 is 0 Å². The molecule has 1 heteroatoms. The van der Waals surface area contributed by atoms with E-state index in [0.29, 0.717) is 0 Å². The summed E-state index contributed by atoms with van der Waals surface area (Å²) in [6.45, 7) is 0. The summed E-state index contributed by atoms with van der Waals surface area (Å²) in [5, 5.41) is 2.40. The van der Waals surface area contributed by atoms with Crippen LogP contribution in [0.5, 0.6) is 0 Å². The van der Waals surface area contributed by atoms with Crippen LogP contribution in [0.25, 0.3) is 28.0 Å². The van der Waals surface area contributed by atoms with Crippen LogP contribution in [0.2, 0.25) is 0 Å². The number of benzene rings is 3. The maximum absolute atomic E-state index is 10.6. The van der Waals surface area contributed by atoms with Crippen molar-refractivity contribution in [3.8, 4) is 11.1 Å². The molecule has 0 atom stereocenters. The molecule has 1 nitrogen and oxygen atoms in total. The molecule has 96 valence electrons. The van der Waals surface area contributed by atoms with Crippen molar-refractivity contribution in [2.24, 2.45) is 0 Å². The minimum Gasteiger partial charge on any atom is -0.299 e. The molecule has 0 aliphatic carbocycles. The third-order valence-corrected chi connectivity index (χ3v) is 3.38. The fraction of sp³-hybridized carbons (Fsp3) is 0. The van der Waals surface area contributed by atoms with E-state index < -0.39 is 0 Å². The van der Waals surface area contributed by atoms with E-state index in [0.717, 1.165) is 17.4 Å². The number of carbonyl (C=O) groups is 1. The van der Waals surface area contributed by atoms with E-state index in [4.69, 9.17) is 0 Å². The predicted octanol–water partition coefficient (Wildman–Crippen LogP) is 4.72. The second kappa shape index (κ2) is 5.54. The molecule has 0 saturated heterocycles. The zero-order valence-corrected chi connectivity index (χ0v) is 11.0. The average Bonchev–Trinajstić information content (AvgIpc) is 2.53. The monoisotopic (exact) mass is 258 g/mol. The van der Waals surface area contributed by atoms with Gasteiger partial charge in [-0.3, -0.25) is 4.79 Å². The number of allylic oxidation sites excluding steroid dienone is 1. The first-order valence-electron chi connectivity index (χ1n) is 6.59. The maximum atomic E-state index is 10.6. The highest BCUT2D eigenvalue weighted by Gasteiger charge is 2.07. The van der Waals surface area contributed by atoms with Crippen LogP contribution in [0.3, 0.4) is 0 Å². The van der Waals surface area contributed by atoms with Crippen LogP contribution in [0.4, 0.5) is 0 Å². The number of carbonyl (C=O) groups excluding carboxylic acids is 1. The first kappa shape index (κ1) is 12.4. The third kappa shape index (κ3) is 2.26. The number of hydrogen-bond donors (Lipinski definition) is 0. The van der Waals surface area contributed by atoms with Crippen molar-refractivity contribution in [2.75, 3.05) is 0 Å². The molecule has 0 aromatic heterocycles. The van der Waals surface area contributed by atoms with Crippen molar-refractivity contribution in [1.82, 2.24) is 0 Å². The van der Waals surface area contributed by atoms with E-state index in [1.807, 2.05) is 36.4 Å². The van der Waals surface area contributed by atoms with Gasteiger partial charge < -0.3 is 0 Å². The Morgan fingerprint density at radius 3 is 2.30 bits per heavy atom. The number of rotatable bonds is 3. The largest absolute Gasteiger partial charge is 0.299 e. The summed E-state index contributed by atoms with van der Waals surface area (Å²) in [6.07, 6.45) is 4.21. The van der Waals surface area contributed by atoms with E-state index in [-0.39, 0.29) is 0 Å². The van der Waals surface area contributed by atoms with Crippen LogP contribution in [-0.4, -0.2) is 6.29 Å². The maximum Gasteiger partial charge on any atom is 0.142 e. The Labute approximate surface area is 118 Å². The second-order valence-electron chi connectivity index (χ2n) is 4.61. The summed E-state index contributed by atoms with van der Waals surface area (Å²) in [5.41, 5.74) is 3.39. The van der Waals surface area contributed by atoms with Gasteiger partial charge in [0.25, 0.3) is 0 Å². The minimum atomic E-state index is 0.809. The average molecular weight is 258 g/mol. The molecule has 0 aliphatic rings. The molecular weight excluding hydrogens is 244 g/mol. The van der Waals surface area contributed by atoms with Crippen LogP contribution >= 0.6 is 0 Å². The van der Waals surface area contributed by atoms with Crippen molar-refractivity contribution in [3.05, 3.63) is 78.4 Å². The summed E-state index contributed by atoms with van der Waals surface area (Å²) in [5.74, 6) is 0. The van der Waals surface area contributed by atoms with Crippen molar-refractivity contribution in [3.63, 3.8) is 0 Å². The van der Waals surface area contributed by atoms with E-state index in [1.54, 1.807) is 0 Å². The van der Waals surface area contributed by atoms with Gasteiger partial charge in [-0.25, -0.2) is 0 Å². The molecule has 0 spiro atoms. The van der Waals surface area contributed by atoms with Gasteiger partial charge in [-0.15, -0.1) is 0 Å². The molecule has 0 unspecified atom stereocenters.